The predicted molar refractivity (Wildman–Crippen MR) is 73.5 cm³/mol. The first-order valence-electron chi connectivity index (χ1n) is 7.19. The zero-order valence-corrected chi connectivity index (χ0v) is 12.0. The topological polar surface area (TPSA) is 35.6 Å². The molecule has 18 heavy (non-hydrogen) atoms. The molecule has 2 fully saturated rings. The molecule has 2 aliphatic rings. The molecule has 1 unspecified atom stereocenters. The highest BCUT2D eigenvalue weighted by atomic mass is 16.2. The molecule has 1 saturated heterocycles. The molecule has 4 heteroatoms. The van der Waals surface area contributed by atoms with Gasteiger partial charge in [0, 0.05) is 26.2 Å². The SMILES string of the molecule is CNCC1(C(=O)N(C)C2CCCN(C)C2)CCC1. The van der Waals surface area contributed by atoms with E-state index in [9.17, 15) is 4.79 Å². The summed E-state index contributed by atoms with van der Waals surface area (Å²) in [5.41, 5.74) is -0.0977. The van der Waals surface area contributed by atoms with E-state index >= 15 is 0 Å². The normalized spacial score (nSPS) is 27.6. The van der Waals surface area contributed by atoms with Crippen LogP contribution in [0.15, 0.2) is 0 Å². The minimum atomic E-state index is -0.0977. The number of carbonyl (C=O) groups excluding carboxylic acids is 1. The summed E-state index contributed by atoms with van der Waals surface area (Å²) in [4.78, 5) is 17.1. The van der Waals surface area contributed by atoms with Crippen LogP contribution in [0.2, 0.25) is 0 Å². The first-order valence-corrected chi connectivity index (χ1v) is 7.19. The standard InChI is InChI=1S/C14H27N3O/c1-15-11-14(7-5-8-14)13(18)17(3)12-6-4-9-16(2)10-12/h12,15H,4-11H2,1-3H3. The predicted octanol–water partition coefficient (Wildman–Crippen LogP) is 0.929. The third-order valence-electron chi connectivity index (χ3n) is 4.75. The molecule has 1 atom stereocenters. The van der Waals surface area contributed by atoms with Gasteiger partial charge in [0.1, 0.15) is 0 Å². The van der Waals surface area contributed by atoms with Crippen LogP contribution in [0, 0.1) is 5.41 Å². The van der Waals surface area contributed by atoms with Crippen molar-refractivity contribution in [3.8, 4) is 0 Å². The van der Waals surface area contributed by atoms with Gasteiger partial charge in [0.2, 0.25) is 5.91 Å². The molecule has 0 aromatic carbocycles. The zero-order chi connectivity index (χ0) is 13.2. The van der Waals surface area contributed by atoms with Gasteiger partial charge in [0.15, 0.2) is 0 Å². The molecule has 1 amide bonds. The van der Waals surface area contributed by atoms with Gasteiger partial charge in [0.25, 0.3) is 0 Å². The molecular formula is C14H27N3O. The number of likely N-dealkylation sites (tertiary alicyclic amines) is 1. The lowest BCUT2D eigenvalue weighted by Crippen LogP contribution is -2.56. The Kier molecular flexibility index (Phi) is 4.28. The lowest BCUT2D eigenvalue weighted by atomic mass is 9.67. The number of piperidine rings is 1. The summed E-state index contributed by atoms with van der Waals surface area (Å²) in [5.74, 6) is 0.364. The Balaban J connectivity index is 1.98. The van der Waals surface area contributed by atoms with Crippen molar-refractivity contribution in [3.63, 3.8) is 0 Å². The molecule has 0 radical (unpaired) electrons. The lowest BCUT2D eigenvalue weighted by Gasteiger charge is -2.46. The van der Waals surface area contributed by atoms with E-state index < -0.39 is 0 Å². The van der Waals surface area contributed by atoms with Crippen molar-refractivity contribution < 1.29 is 4.79 Å². The Hall–Kier alpha value is -0.610. The molecule has 4 nitrogen and oxygen atoms in total. The van der Waals surface area contributed by atoms with E-state index in [1.807, 2.05) is 19.0 Å². The van der Waals surface area contributed by atoms with E-state index in [1.165, 1.54) is 19.4 Å². The number of nitrogens with one attached hydrogen (secondary N) is 1. The largest absolute Gasteiger partial charge is 0.341 e. The highest BCUT2D eigenvalue weighted by molar-refractivity contribution is 5.84. The summed E-state index contributed by atoms with van der Waals surface area (Å²) in [7, 11) is 6.10. The van der Waals surface area contributed by atoms with Crippen LogP contribution in [0.4, 0.5) is 0 Å². The van der Waals surface area contributed by atoms with E-state index in [1.54, 1.807) is 0 Å². The number of nitrogens with zero attached hydrogens (tertiary/aromatic N) is 2. The van der Waals surface area contributed by atoms with Gasteiger partial charge in [-0.15, -0.1) is 0 Å². The Bertz CT molecular complexity index is 301. The fourth-order valence-electron chi connectivity index (χ4n) is 3.40. The lowest BCUT2D eigenvalue weighted by molar-refractivity contribution is -0.148. The Morgan fingerprint density at radius 3 is 2.67 bits per heavy atom. The fraction of sp³-hybridized carbons (Fsp3) is 0.929. The van der Waals surface area contributed by atoms with E-state index in [2.05, 4.69) is 17.3 Å². The summed E-state index contributed by atoms with van der Waals surface area (Å²) < 4.78 is 0. The van der Waals surface area contributed by atoms with Crippen molar-refractivity contribution in [1.82, 2.24) is 15.1 Å². The van der Waals surface area contributed by atoms with Gasteiger partial charge in [0.05, 0.1) is 5.41 Å². The number of hydrogen-bond donors (Lipinski definition) is 1. The Labute approximate surface area is 111 Å². The average molecular weight is 253 g/mol. The van der Waals surface area contributed by atoms with E-state index in [0.29, 0.717) is 11.9 Å². The minimum Gasteiger partial charge on any atom is -0.341 e. The third kappa shape index (κ3) is 2.54. The van der Waals surface area contributed by atoms with Crippen LogP contribution in [0.1, 0.15) is 32.1 Å². The maximum Gasteiger partial charge on any atom is 0.230 e. The summed E-state index contributed by atoms with van der Waals surface area (Å²) in [6, 6.07) is 0.408. The molecule has 1 aliphatic carbocycles. The van der Waals surface area contributed by atoms with Crippen LogP contribution in [-0.4, -0.2) is 62.5 Å². The van der Waals surface area contributed by atoms with Crippen LogP contribution in [0.3, 0.4) is 0 Å². The molecular weight excluding hydrogens is 226 g/mol. The molecule has 1 N–H and O–H groups in total. The average Bonchev–Trinajstić information content (AvgIpc) is 2.32. The van der Waals surface area contributed by atoms with Crippen molar-refractivity contribution >= 4 is 5.91 Å². The highest BCUT2D eigenvalue weighted by Gasteiger charge is 2.46. The second kappa shape index (κ2) is 5.57. The van der Waals surface area contributed by atoms with Gasteiger partial charge in [-0.3, -0.25) is 4.79 Å². The third-order valence-corrected chi connectivity index (χ3v) is 4.75. The summed E-state index contributed by atoms with van der Waals surface area (Å²) in [6.45, 7) is 3.02. The fourth-order valence-corrected chi connectivity index (χ4v) is 3.40. The molecule has 0 aromatic heterocycles. The van der Waals surface area contributed by atoms with Crippen LogP contribution in [-0.2, 0) is 4.79 Å². The number of carbonyl (C=O) groups is 1. The van der Waals surface area contributed by atoms with E-state index in [4.69, 9.17) is 0 Å². The smallest absolute Gasteiger partial charge is 0.230 e. The van der Waals surface area contributed by atoms with Crippen molar-refractivity contribution in [2.24, 2.45) is 5.41 Å². The van der Waals surface area contributed by atoms with Gasteiger partial charge in [-0.05, 0) is 46.3 Å². The van der Waals surface area contributed by atoms with E-state index in [-0.39, 0.29) is 5.41 Å². The maximum atomic E-state index is 12.7. The van der Waals surface area contributed by atoms with Gasteiger partial charge < -0.3 is 15.1 Å². The Morgan fingerprint density at radius 1 is 1.44 bits per heavy atom. The monoisotopic (exact) mass is 253 g/mol. The molecule has 1 aliphatic heterocycles. The Morgan fingerprint density at radius 2 is 2.17 bits per heavy atom. The molecule has 0 bridgehead atoms. The number of likely N-dealkylation sites (N-methyl/N-ethyl adjacent to an activating group) is 2. The minimum absolute atomic E-state index is 0.0977. The van der Waals surface area contributed by atoms with Gasteiger partial charge in [-0.2, -0.15) is 0 Å². The van der Waals surface area contributed by atoms with Gasteiger partial charge in [-0.25, -0.2) is 0 Å². The van der Waals surface area contributed by atoms with Crippen molar-refractivity contribution in [2.45, 2.75) is 38.1 Å². The van der Waals surface area contributed by atoms with Gasteiger partial charge in [-0.1, -0.05) is 6.42 Å². The van der Waals surface area contributed by atoms with Crippen LogP contribution >= 0.6 is 0 Å². The van der Waals surface area contributed by atoms with Gasteiger partial charge >= 0.3 is 0 Å². The van der Waals surface area contributed by atoms with E-state index in [0.717, 1.165) is 32.4 Å². The highest BCUT2D eigenvalue weighted by Crippen LogP contribution is 2.42. The number of rotatable bonds is 4. The second-order valence-electron chi connectivity index (χ2n) is 6.14. The number of amides is 1. The van der Waals surface area contributed by atoms with Crippen LogP contribution in [0.5, 0.6) is 0 Å². The molecule has 1 saturated carbocycles. The molecule has 0 aromatic rings. The maximum absolute atomic E-state index is 12.7. The zero-order valence-electron chi connectivity index (χ0n) is 12.0. The number of hydrogen-bond acceptors (Lipinski definition) is 3. The molecule has 1 heterocycles. The molecule has 104 valence electrons. The summed E-state index contributed by atoms with van der Waals surface area (Å²) >= 11 is 0. The first kappa shape index (κ1) is 13.8. The van der Waals surface area contributed by atoms with Crippen LogP contribution < -0.4 is 5.32 Å². The summed E-state index contributed by atoms with van der Waals surface area (Å²) in [5, 5.41) is 3.20. The van der Waals surface area contributed by atoms with Crippen molar-refractivity contribution in [1.29, 1.82) is 0 Å². The first-order chi connectivity index (χ1) is 8.59. The second-order valence-corrected chi connectivity index (χ2v) is 6.14. The van der Waals surface area contributed by atoms with Crippen molar-refractivity contribution in [3.05, 3.63) is 0 Å². The molecule has 2 rings (SSSR count). The van der Waals surface area contributed by atoms with Crippen LogP contribution in [0.25, 0.3) is 0 Å². The molecule has 0 spiro atoms. The summed E-state index contributed by atoms with van der Waals surface area (Å²) in [6.07, 6.45) is 5.67. The quantitative estimate of drug-likeness (QED) is 0.809. The van der Waals surface area contributed by atoms with Crippen molar-refractivity contribution in [2.75, 3.05) is 40.8 Å².